The first-order valence-electron chi connectivity index (χ1n) is 13.5. The van der Waals surface area contributed by atoms with E-state index in [9.17, 15) is 18.0 Å². The molecule has 0 fully saturated rings. The van der Waals surface area contributed by atoms with Crippen LogP contribution in [0.2, 0.25) is 0 Å². The molecule has 0 bridgehead atoms. The fraction of sp³-hybridized carbons (Fsp3) is 0.267. The van der Waals surface area contributed by atoms with E-state index in [1.807, 2.05) is 0 Å². The van der Waals surface area contributed by atoms with Crippen molar-refractivity contribution in [2.45, 2.75) is 44.2 Å². The number of anilines is 4. The number of aromatic nitrogens is 2. The van der Waals surface area contributed by atoms with E-state index in [2.05, 4.69) is 25.4 Å². The molecule has 0 saturated heterocycles. The Balaban J connectivity index is 1.68. The van der Waals surface area contributed by atoms with E-state index in [1.54, 1.807) is 69.3 Å². The predicted molar refractivity (Wildman–Crippen MR) is 167 cm³/mol. The highest BCUT2D eigenvalue weighted by Crippen LogP contribution is 2.31. The van der Waals surface area contributed by atoms with Crippen molar-refractivity contribution < 1.29 is 32.2 Å². The number of sulfonamides is 1. The zero-order chi connectivity index (χ0) is 32.1. The van der Waals surface area contributed by atoms with Crippen molar-refractivity contribution in [3.63, 3.8) is 0 Å². The van der Waals surface area contributed by atoms with Crippen molar-refractivity contribution in [2.24, 2.45) is 0 Å². The maximum Gasteiger partial charge on any atom is 0.429 e. The number of aldehydes is 1. The van der Waals surface area contributed by atoms with Crippen molar-refractivity contribution in [1.82, 2.24) is 15.0 Å². The highest BCUT2D eigenvalue weighted by molar-refractivity contribution is 7.92. The van der Waals surface area contributed by atoms with Gasteiger partial charge in [-0.3, -0.25) is 10.1 Å². The smallest absolute Gasteiger partial charge is 0.429 e. The van der Waals surface area contributed by atoms with Gasteiger partial charge in [0.05, 0.1) is 35.8 Å². The van der Waals surface area contributed by atoms with Crippen molar-refractivity contribution >= 4 is 56.4 Å². The predicted octanol–water partition coefficient (Wildman–Crippen LogP) is 5.34. The molecule has 0 radical (unpaired) electrons. The fourth-order valence-electron chi connectivity index (χ4n) is 3.92. The Morgan fingerprint density at radius 3 is 2.07 bits per heavy atom. The second-order valence-electron chi connectivity index (χ2n) is 10.6. The van der Waals surface area contributed by atoms with Gasteiger partial charge in [-0.2, -0.15) is 0 Å². The first-order chi connectivity index (χ1) is 20.8. The SMILES string of the molecule is COc1cc(Nc2nc3ccccc3nc2NS(=O)(=O)c2cccc(NN(C(=O)OC(C)(C)C)C(C)C=O)c2)cc(OC)c1. The first-order valence-corrected chi connectivity index (χ1v) is 14.9. The van der Waals surface area contributed by atoms with E-state index in [0.717, 1.165) is 5.01 Å². The molecule has 0 spiro atoms. The lowest BCUT2D eigenvalue weighted by atomic mass is 10.2. The summed E-state index contributed by atoms with van der Waals surface area (Å²) in [5.74, 6) is 1.09. The molecule has 1 aromatic heterocycles. The normalized spacial score (nSPS) is 12.1. The first kappa shape index (κ1) is 31.8. The fourth-order valence-corrected chi connectivity index (χ4v) is 4.97. The third-order valence-electron chi connectivity index (χ3n) is 6.00. The van der Waals surface area contributed by atoms with Crippen LogP contribution < -0.4 is 24.9 Å². The van der Waals surface area contributed by atoms with Gasteiger partial charge in [0.25, 0.3) is 10.0 Å². The van der Waals surface area contributed by atoms with E-state index >= 15 is 0 Å². The number of carbonyl (C=O) groups excluding carboxylic acids is 2. The summed E-state index contributed by atoms with van der Waals surface area (Å²) in [5, 5.41) is 4.09. The molecular formula is C30H34N6O7S. The van der Waals surface area contributed by atoms with E-state index in [1.165, 1.54) is 39.3 Å². The maximum absolute atomic E-state index is 13.7. The summed E-state index contributed by atoms with van der Waals surface area (Å²) in [5.41, 5.74) is 3.70. The van der Waals surface area contributed by atoms with Crippen LogP contribution in [0.5, 0.6) is 11.5 Å². The number of benzene rings is 3. The lowest BCUT2D eigenvalue weighted by Crippen LogP contribution is -2.46. The monoisotopic (exact) mass is 622 g/mol. The molecule has 1 atom stereocenters. The Kier molecular flexibility index (Phi) is 9.43. The van der Waals surface area contributed by atoms with Gasteiger partial charge in [-0.1, -0.05) is 18.2 Å². The third kappa shape index (κ3) is 7.83. The number of carbonyl (C=O) groups is 2. The van der Waals surface area contributed by atoms with Gasteiger partial charge in [-0.05, 0) is 58.0 Å². The third-order valence-corrected chi connectivity index (χ3v) is 7.34. The van der Waals surface area contributed by atoms with Gasteiger partial charge < -0.3 is 24.3 Å². The van der Waals surface area contributed by atoms with Gasteiger partial charge in [0.15, 0.2) is 11.6 Å². The van der Waals surface area contributed by atoms with E-state index in [0.29, 0.717) is 34.5 Å². The molecule has 3 N–H and O–H groups in total. The highest BCUT2D eigenvalue weighted by Gasteiger charge is 2.27. The summed E-state index contributed by atoms with van der Waals surface area (Å²) in [6, 6.07) is 16.9. The minimum absolute atomic E-state index is 0.0613. The Bertz CT molecular complexity index is 1750. The Morgan fingerprint density at radius 1 is 0.886 bits per heavy atom. The average molecular weight is 623 g/mol. The van der Waals surface area contributed by atoms with Crippen LogP contribution in [-0.2, 0) is 19.6 Å². The summed E-state index contributed by atoms with van der Waals surface area (Å²) < 4.78 is 45.9. The number of methoxy groups -OCH3 is 2. The van der Waals surface area contributed by atoms with Crippen molar-refractivity contribution in [3.05, 3.63) is 66.7 Å². The molecule has 0 saturated carbocycles. The van der Waals surface area contributed by atoms with Crippen LogP contribution in [0, 0.1) is 0 Å². The molecule has 3 aromatic carbocycles. The Labute approximate surface area is 255 Å². The quantitative estimate of drug-likeness (QED) is 0.146. The molecule has 0 aliphatic carbocycles. The minimum atomic E-state index is -4.24. The van der Waals surface area contributed by atoms with Crippen LogP contribution in [0.25, 0.3) is 11.0 Å². The Hall–Kier alpha value is -5.11. The number of ether oxygens (including phenoxy) is 3. The summed E-state index contributed by atoms with van der Waals surface area (Å²) in [7, 11) is -1.21. The van der Waals surface area contributed by atoms with Crippen molar-refractivity contribution in [2.75, 3.05) is 29.7 Å². The molecule has 4 rings (SSSR count). The Morgan fingerprint density at radius 2 is 1.50 bits per heavy atom. The zero-order valence-corrected chi connectivity index (χ0v) is 25.9. The number of nitrogens with zero attached hydrogens (tertiary/aromatic N) is 3. The van der Waals surface area contributed by atoms with Gasteiger partial charge in [-0.15, -0.1) is 0 Å². The second kappa shape index (κ2) is 13.0. The molecule has 13 nitrogen and oxygen atoms in total. The molecule has 232 valence electrons. The molecule has 1 heterocycles. The average Bonchev–Trinajstić information content (AvgIpc) is 2.98. The van der Waals surface area contributed by atoms with Gasteiger partial charge in [0.1, 0.15) is 29.4 Å². The molecular weight excluding hydrogens is 588 g/mol. The summed E-state index contributed by atoms with van der Waals surface area (Å²) in [4.78, 5) is 33.3. The van der Waals surface area contributed by atoms with Gasteiger partial charge in [0.2, 0.25) is 0 Å². The van der Waals surface area contributed by atoms with Crippen molar-refractivity contribution in [1.29, 1.82) is 0 Å². The molecule has 14 heteroatoms. The number of hydrazine groups is 1. The topological polar surface area (TPSA) is 161 Å². The molecule has 1 amide bonds. The van der Waals surface area contributed by atoms with Gasteiger partial charge >= 0.3 is 6.09 Å². The number of amides is 1. The molecule has 44 heavy (non-hydrogen) atoms. The summed E-state index contributed by atoms with van der Waals surface area (Å²) in [6.45, 7) is 6.57. The number of hydrogen-bond acceptors (Lipinski definition) is 11. The van der Waals surface area contributed by atoms with Gasteiger partial charge in [-0.25, -0.2) is 28.2 Å². The maximum atomic E-state index is 13.7. The number of rotatable bonds is 11. The van der Waals surface area contributed by atoms with Crippen LogP contribution in [0.4, 0.5) is 27.8 Å². The standard InChI is InChI=1S/C30H34N6O7S/c1-19(18-37)36(29(38)43-30(2,3)4)34-20-10-9-11-24(16-20)44(39,40)35-28-27(32-25-12-7-8-13-26(25)33-28)31-21-14-22(41-5)17-23(15-21)42-6/h7-19,34H,1-6H3,(H,31,32)(H,33,35). The van der Waals surface area contributed by atoms with Crippen LogP contribution in [-0.4, -0.2) is 61.6 Å². The van der Waals surface area contributed by atoms with Crippen LogP contribution >= 0.6 is 0 Å². The second-order valence-corrected chi connectivity index (χ2v) is 12.3. The molecule has 0 aliphatic rings. The van der Waals surface area contributed by atoms with E-state index in [-0.39, 0.29) is 22.2 Å². The number of fused-ring (bicyclic) bond motifs is 1. The van der Waals surface area contributed by atoms with Crippen molar-refractivity contribution in [3.8, 4) is 11.5 Å². The van der Waals surface area contributed by atoms with E-state index < -0.39 is 27.8 Å². The van der Waals surface area contributed by atoms with Gasteiger partial charge in [0, 0.05) is 23.9 Å². The largest absolute Gasteiger partial charge is 0.497 e. The van der Waals surface area contributed by atoms with Crippen LogP contribution in [0.3, 0.4) is 0 Å². The van der Waals surface area contributed by atoms with Crippen LogP contribution in [0.15, 0.2) is 71.6 Å². The molecule has 0 aliphatic heterocycles. The minimum Gasteiger partial charge on any atom is -0.497 e. The lowest BCUT2D eigenvalue weighted by molar-refractivity contribution is -0.111. The molecule has 4 aromatic rings. The van der Waals surface area contributed by atoms with E-state index in [4.69, 9.17) is 14.2 Å². The summed E-state index contributed by atoms with van der Waals surface area (Å²) >= 11 is 0. The number of hydrogen-bond donors (Lipinski definition) is 3. The number of para-hydroxylation sites is 2. The summed E-state index contributed by atoms with van der Waals surface area (Å²) in [6.07, 6.45) is -0.246. The highest BCUT2D eigenvalue weighted by atomic mass is 32.2. The lowest BCUT2D eigenvalue weighted by Gasteiger charge is -2.30. The molecule has 1 unspecified atom stereocenters. The van der Waals surface area contributed by atoms with Crippen LogP contribution in [0.1, 0.15) is 27.7 Å². The zero-order valence-electron chi connectivity index (χ0n) is 25.1. The number of nitrogens with one attached hydrogen (secondary N) is 3.